The molecule has 0 amide bonds. The molecule has 1 atom stereocenters. The third-order valence-corrected chi connectivity index (χ3v) is 3.79. The smallest absolute Gasteiger partial charge is 0.0632 e. The average Bonchev–Trinajstić information content (AvgIpc) is 2.39. The monoisotopic (exact) mass is 242 g/mol. The van der Waals surface area contributed by atoms with E-state index in [1.807, 2.05) is 0 Å². The van der Waals surface area contributed by atoms with Gasteiger partial charge in [0.2, 0.25) is 0 Å². The van der Waals surface area contributed by atoms with Gasteiger partial charge in [-0.1, -0.05) is 0 Å². The van der Waals surface area contributed by atoms with Crippen LogP contribution in [0.25, 0.3) is 0 Å². The Kier molecular flexibility index (Phi) is 5.71. The Labute approximate surface area is 105 Å². The molecule has 4 heteroatoms. The maximum atomic E-state index is 5.47. The van der Waals surface area contributed by atoms with Gasteiger partial charge in [0.15, 0.2) is 0 Å². The molecule has 0 aromatic heterocycles. The molecular formula is C13H26N2O2. The minimum absolute atomic E-state index is 0.517. The highest BCUT2D eigenvalue weighted by Gasteiger charge is 2.17. The van der Waals surface area contributed by atoms with E-state index in [1.54, 1.807) is 0 Å². The number of rotatable bonds is 5. The zero-order valence-corrected chi connectivity index (χ0v) is 11.0. The summed E-state index contributed by atoms with van der Waals surface area (Å²) in [7, 11) is 2.22. The second-order valence-corrected chi connectivity index (χ2v) is 5.33. The van der Waals surface area contributed by atoms with Gasteiger partial charge in [-0.05, 0) is 38.8 Å². The summed E-state index contributed by atoms with van der Waals surface area (Å²) < 4.78 is 10.9. The van der Waals surface area contributed by atoms with Crippen LogP contribution in [0.4, 0.5) is 0 Å². The summed E-state index contributed by atoms with van der Waals surface area (Å²) in [5.41, 5.74) is 0. The van der Waals surface area contributed by atoms with Gasteiger partial charge in [0.25, 0.3) is 0 Å². The molecule has 2 heterocycles. The average molecular weight is 242 g/mol. The second kappa shape index (κ2) is 7.31. The molecule has 0 saturated carbocycles. The van der Waals surface area contributed by atoms with Gasteiger partial charge in [-0.15, -0.1) is 0 Å². The number of likely N-dealkylation sites (N-methyl/N-ethyl adjacent to an activating group) is 1. The fourth-order valence-electron chi connectivity index (χ4n) is 2.64. The van der Waals surface area contributed by atoms with Crippen LogP contribution in [0.1, 0.15) is 19.3 Å². The Morgan fingerprint density at radius 1 is 1.18 bits per heavy atom. The molecule has 0 aromatic carbocycles. The van der Waals surface area contributed by atoms with Crippen molar-refractivity contribution in [3.05, 3.63) is 0 Å². The van der Waals surface area contributed by atoms with E-state index in [9.17, 15) is 0 Å². The Hall–Kier alpha value is -0.160. The molecule has 2 aliphatic heterocycles. The molecule has 100 valence electrons. The Morgan fingerprint density at radius 3 is 2.71 bits per heavy atom. The van der Waals surface area contributed by atoms with Crippen molar-refractivity contribution >= 4 is 0 Å². The zero-order valence-electron chi connectivity index (χ0n) is 11.0. The van der Waals surface area contributed by atoms with E-state index in [4.69, 9.17) is 9.47 Å². The molecular weight excluding hydrogens is 216 g/mol. The number of hydrogen-bond donors (Lipinski definition) is 1. The van der Waals surface area contributed by atoms with Gasteiger partial charge in [-0.2, -0.15) is 0 Å². The zero-order chi connectivity index (χ0) is 11.9. The summed E-state index contributed by atoms with van der Waals surface area (Å²) in [4.78, 5) is 2.43. The number of ether oxygens (including phenoxy) is 2. The largest absolute Gasteiger partial charge is 0.381 e. The van der Waals surface area contributed by atoms with E-state index in [2.05, 4.69) is 17.3 Å². The van der Waals surface area contributed by atoms with Gasteiger partial charge < -0.3 is 19.7 Å². The van der Waals surface area contributed by atoms with Crippen LogP contribution in [0.3, 0.4) is 0 Å². The topological polar surface area (TPSA) is 33.7 Å². The lowest BCUT2D eigenvalue weighted by Gasteiger charge is -2.29. The van der Waals surface area contributed by atoms with Crippen molar-refractivity contribution in [3.63, 3.8) is 0 Å². The third kappa shape index (κ3) is 4.92. The van der Waals surface area contributed by atoms with Crippen LogP contribution in [-0.4, -0.2) is 64.1 Å². The van der Waals surface area contributed by atoms with Crippen molar-refractivity contribution in [2.75, 3.05) is 53.1 Å². The van der Waals surface area contributed by atoms with Gasteiger partial charge >= 0.3 is 0 Å². The molecule has 0 spiro atoms. The van der Waals surface area contributed by atoms with Crippen molar-refractivity contribution in [1.29, 1.82) is 0 Å². The standard InChI is InChI=1S/C13H26N2O2/c1-15(10-13-11-17-9-5-14-13)6-2-12-3-7-16-8-4-12/h12-14H,2-11H2,1H3. The van der Waals surface area contributed by atoms with Gasteiger partial charge in [0.1, 0.15) is 0 Å². The summed E-state index contributed by atoms with van der Waals surface area (Å²) >= 11 is 0. The summed E-state index contributed by atoms with van der Waals surface area (Å²) in [6, 6.07) is 0.517. The lowest BCUT2D eigenvalue weighted by molar-refractivity contribution is 0.0539. The van der Waals surface area contributed by atoms with E-state index >= 15 is 0 Å². The minimum Gasteiger partial charge on any atom is -0.381 e. The summed E-state index contributed by atoms with van der Waals surface area (Å²) in [6.07, 6.45) is 3.81. The van der Waals surface area contributed by atoms with E-state index in [1.165, 1.54) is 25.8 Å². The molecule has 0 aromatic rings. The Balaban J connectivity index is 1.57. The highest BCUT2D eigenvalue weighted by molar-refractivity contribution is 4.74. The van der Waals surface area contributed by atoms with Crippen LogP contribution in [0, 0.1) is 5.92 Å². The number of morpholine rings is 1. The predicted octanol–water partition coefficient (Wildman–Crippen LogP) is 0.723. The Morgan fingerprint density at radius 2 is 2.00 bits per heavy atom. The van der Waals surface area contributed by atoms with Crippen molar-refractivity contribution in [2.24, 2.45) is 5.92 Å². The summed E-state index contributed by atoms with van der Waals surface area (Å²) in [5, 5.41) is 3.50. The van der Waals surface area contributed by atoms with Crippen molar-refractivity contribution in [2.45, 2.75) is 25.3 Å². The van der Waals surface area contributed by atoms with Crippen molar-refractivity contribution < 1.29 is 9.47 Å². The first kappa shape index (κ1) is 13.3. The normalized spacial score (nSPS) is 27.5. The molecule has 17 heavy (non-hydrogen) atoms. The Bertz CT molecular complexity index is 202. The van der Waals surface area contributed by atoms with E-state index in [0.717, 1.165) is 45.4 Å². The van der Waals surface area contributed by atoms with Crippen molar-refractivity contribution in [1.82, 2.24) is 10.2 Å². The highest BCUT2D eigenvalue weighted by atomic mass is 16.5. The van der Waals surface area contributed by atoms with Gasteiger partial charge in [-0.25, -0.2) is 0 Å². The highest BCUT2D eigenvalue weighted by Crippen LogP contribution is 2.18. The maximum Gasteiger partial charge on any atom is 0.0632 e. The molecule has 2 fully saturated rings. The van der Waals surface area contributed by atoms with Crippen molar-refractivity contribution in [3.8, 4) is 0 Å². The molecule has 4 nitrogen and oxygen atoms in total. The molecule has 0 bridgehead atoms. The lowest BCUT2D eigenvalue weighted by Crippen LogP contribution is -2.47. The molecule has 0 aliphatic carbocycles. The molecule has 2 saturated heterocycles. The number of nitrogens with zero attached hydrogens (tertiary/aromatic N) is 1. The number of nitrogens with one attached hydrogen (secondary N) is 1. The molecule has 1 unspecified atom stereocenters. The van der Waals surface area contributed by atoms with Crippen LogP contribution in [0.2, 0.25) is 0 Å². The molecule has 1 N–H and O–H groups in total. The fraction of sp³-hybridized carbons (Fsp3) is 1.00. The van der Waals surface area contributed by atoms with E-state index in [-0.39, 0.29) is 0 Å². The quantitative estimate of drug-likeness (QED) is 0.770. The van der Waals surface area contributed by atoms with Gasteiger partial charge in [0, 0.05) is 32.3 Å². The van der Waals surface area contributed by atoms with Gasteiger partial charge in [0.05, 0.1) is 13.2 Å². The third-order valence-electron chi connectivity index (χ3n) is 3.79. The fourth-order valence-corrected chi connectivity index (χ4v) is 2.64. The van der Waals surface area contributed by atoms with Crippen LogP contribution in [0.5, 0.6) is 0 Å². The predicted molar refractivity (Wildman–Crippen MR) is 68.3 cm³/mol. The SMILES string of the molecule is CN(CCC1CCOCC1)CC1COCCN1. The molecule has 0 radical (unpaired) electrons. The minimum atomic E-state index is 0.517. The van der Waals surface area contributed by atoms with E-state index < -0.39 is 0 Å². The van der Waals surface area contributed by atoms with E-state index in [0.29, 0.717) is 6.04 Å². The molecule has 2 rings (SSSR count). The maximum absolute atomic E-state index is 5.47. The van der Waals surface area contributed by atoms with Crippen LogP contribution < -0.4 is 5.32 Å². The summed E-state index contributed by atoms with van der Waals surface area (Å²) in [6.45, 7) is 6.95. The first-order valence-corrected chi connectivity index (χ1v) is 6.92. The number of hydrogen-bond acceptors (Lipinski definition) is 4. The van der Waals surface area contributed by atoms with Crippen LogP contribution in [0.15, 0.2) is 0 Å². The second-order valence-electron chi connectivity index (χ2n) is 5.33. The molecule has 2 aliphatic rings. The summed E-state index contributed by atoms with van der Waals surface area (Å²) in [5.74, 6) is 0.877. The first-order chi connectivity index (χ1) is 8.34. The van der Waals surface area contributed by atoms with Crippen LogP contribution >= 0.6 is 0 Å². The van der Waals surface area contributed by atoms with Gasteiger partial charge in [-0.3, -0.25) is 0 Å². The van der Waals surface area contributed by atoms with Crippen LogP contribution in [-0.2, 0) is 9.47 Å². The first-order valence-electron chi connectivity index (χ1n) is 6.92. The lowest BCUT2D eigenvalue weighted by atomic mass is 9.96.